The Bertz CT molecular complexity index is 414. The molecule has 0 aliphatic heterocycles. The zero-order valence-electron chi connectivity index (χ0n) is 10.7. The Morgan fingerprint density at radius 1 is 1.00 bits per heavy atom. The summed E-state index contributed by atoms with van der Waals surface area (Å²) in [5, 5.41) is 0. The van der Waals surface area contributed by atoms with Gasteiger partial charge in [-0.3, -0.25) is 0 Å². The topological polar surface area (TPSA) is 17.6 Å². The molecule has 2 rings (SSSR count). The van der Waals surface area contributed by atoms with Crippen molar-refractivity contribution in [2.75, 3.05) is 0 Å². The van der Waals surface area contributed by atoms with Gasteiger partial charge in [0.25, 0.3) is 0 Å². The summed E-state index contributed by atoms with van der Waals surface area (Å²) in [6.45, 7) is 4.03. The normalized spacial score (nSPS) is 9.38. The molecule has 2 aromatic rings. The van der Waals surface area contributed by atoms with Crippen molar-refractivity contribution in [2.24, 2.45) is 7.05 Å². The molecule has 2 aromatic heterocycles. The number of aromatic nitrogens is 4. The molecule has 0 N–H and O–H groups in total. The van der Waals surface area contributed by atoms with Crippen LogP contribution in [0.4, 0.5) is 0 Å². The van der Waals surface area contributed by atoms with Crippen molar-refractivity contribution in [3.05, 3.63) is 52.3 Å². The first kappa shape index (κ1) is 14.4. The second-order valence-electron chi connectivity index (χ2n) is 3.49. The second-order valence-corrected chi connectivity index (χ2v) is 3.49. The molecule has 0 aliphatic carbocycles. The summed E-state index contributed by atoms with van der Waals surface area (Å²) >= 11 is 0. The molecule has 4 heteroatoms. The fraction of sp³-hybridized carbons (Fsp3) is 0.333. The van der Waals surface area contributed by atoms with E-state index in [1.54, 1.807) is 0 Å². The molecule has 0 saturated carbocycles. The van der Waals surface area contributed by atoms with Gasteiger partial charge in [0.15, 0.2) is 0 Å². The van der Waals surface area contributed by atoms with E-state index in [2.05, 4.69) is 51.9 Å². The Hall–Kier alpha value is -1.58. The highest BCUT2D eigenvalue weighted by Crippen LogP contribution is 1.85. The van der Waals surface area contributed by atoms with Crippen molar-refractivity contribution in [2.45, 2.75) is 20.1 Å². The molecule has 0 spiro atoms. The van der Waals surface area contributed by atoms with Crippen LogP contribution < -0.4 is 9.13 Å². The molecular formula is C12H22N4. The van der Waals surface area contributed by atoms with Crippen LogP contribution >= 0.6 is 0 Å². The smallest absolute Gasteiger partial charge is 0.246 e. The fourth-order valence-corrected chi connectivity index (χ4v) is 1.48. The van der Waals surface area contributed by atoms with Gasteiger partial charge in [-0.05, 0) is 6.92 Å². The third-order valence-corrected chi connectivity index (χ3v) is 2.26. The van der Waals surface area contributed by atoms with Gasteiger partial charge in [-0.2, -0.15) is 9.13 Å². The summed E-state index contributed by atoms with van der Waals surface area (Å²) in [7, 11) is 2.03. The van der Waals surface area contributed by atoms with E-state index in [-0.39, 0.29) is 14.9 Å². The monoisotopic (exact) mass is 222 g/mol. The van der Waals surface area contributed by atoms with Crippen LogP contribution in [0.3, 0.4) is 0 Å². The molecule has 0 unspecified atom stereocenters. The van der Waals surface area contributed by atoms with Crippen molar-refractivity contribution in [1.29, 1.82) is 0 Å². The zero-order valence-corrected chi connectivity index (χ0v) is 10.7. The SMILES string of the molecule is CCn1cc[n+](Cn2cc[n+](C)c2)c1.[CH3-].[CH3-]. The molecule has 0 saturated heterocycles. The Morgan fingerprint density at radius 3 is 2.19 bits per heavy atom. The maximum Gasteiger partial charge on any atom is 0.246 e. The zero-order chi connectivity index (χ0) is 9.97. The molecule has 0 atom stereocenters. The fourth-order valence-electron chi connectivity index (χ4n) is 1.48. The molecule has 0 fully saturated rings. The van der Waals surface area contributed by atoms with Crippen LogP contribution in [0.15, 0.2) is 37.4 Å². The predicted octanol–water partition coefficient (Wildman–Crippen LogP) is 0.828. The summed E-state index contributed by atoms with van der Waals surface area (Å²) in [4.78, 5) is 0. The van der Waals surface area contributed by atoms with Gasteiger partial charge >= 0.3 is 0 Å². The van der Waals surface area contributed by atoms with Crippen LogP contribution in [0.25, 0.3) is 0 Å². The molecule has 4 nitrogen and oxygen atoms in total. The number of aryl methyl sites for hydroxylation is 2. The molecule has 90 valence electrons. The Kier molecular flexibility index (Phi) is 5.50. The van der Waals surface area contributed by atoms with Gasteiger partial charge in [0.1, 0.15) is 24.8 Å². The Balaban J connectivity index is 0.00000112. The lowest BCUT2D eigenvalue weighted by atomic mass is 10.7. The van der Waals surface area contributed by atoms with Crippen LogP contribution in [0.5, 0.6) is 0 Å². The van der Waals surface area contributed by atoms with Gasteiger partial charge < -0.3 is 14.9 Å². The lowest BCUT2D eigenvalue weighted by molar-refractivity contribution is -0.706. The lowest BCUT2D eigenvalue weighted by Gasteiger charge is -1.90. The predicted molar refractivity (Wildman–Crippen MR) is 64.1 cm³/mol. The van der Waals surface area contributed by atoms with Crippen molar-refractivity contribution in [1.82, 2.24) is 9.13 Å². The molecular weight excluding hydrogens is 200 g/mol. The van der Waals surface area contributed by atoms with Crippen LogP contribution in [0.1, 0.15) is 6.92 Å². The highest BCUT2D eigenvalue weighted by molar-refractivity contribution is 4.66. The second kappa shape index (κ2) is 6.10. The largest absolute Gasteiger partial charge is 0.358 e. The summed E-state index contributed by atoms with van der Waals surface area (Å²) in [5.41, 5.74) is 0. The van der Waals surface area contributed by atoms with E-state index in [1.165, 1.54) is 0 Å². The van der Waals surface area contributed by atoms with E-state index in [4.69, 9.17) is 0 Å². The van der Waals surface area contributed by atoms with Gasteiger partial charge in [0.05, 0.1) is 13.6 Å². The summed E-state index contributed by atoms with van der Waals surface area (Å²) in [5.74, 6) is 0. The maximum absolute atomic E-state index is 2.16. The standard InChI is InChI=1S/C10H16N4.2CH3/c1-3-12-6-7-14(9-12)10-13-5-4-11(2)8-13;;/h4-9H,3,10H2,1-2H3;2*1H3/q+2;2*-1. The quantitative estimate of drug-likeness (QED) is 0.541. The van der Waals surface area contributed by atoms with Crippen LogP contribution in [-0.4, -0.2) is 9.13 Å². The van der Waals surface area contributed by atoms with Crippen molar-refractivity contribution in [3.8, 4) is 0 Å². The van der Waals surface area contributed by atoms with Crippen LogP contribution in [0, 0.1) is 14.9 Å². The van der Waals surface area contributed by atoms with Gasteiger partial charge in [-0.1, -0.05) is 0 Å². The number of imidazole rings is 2. The summed E-state index contributed by atoms with van der Waals surface area (Å²) in [6.07, 6.45) is 12.5. The third-order valence-electron chi connectivity index (χ3n) is 2.26. The van der Waals surface area contributed by atoms with Gasteiger partial charge in [0.2, 0.25) is 19.3 Å². The minimum atomic E-state index is 0. The van der Waals surface area contributed by atoms with Gasteiger partial charge in [-0.15, -0.1) is 0 Å². The minimum Gasteiger partial charge on any atom is -0.358 e. The van der Waals surface area contributed by atoms with Crippen molar-refractivity contribution >= 4 is 0 Å². The lowest BCUT2D eigenvalue weighted by Crippen LogP contribution is -2.35. The summed E-state index contributed by atoms with van der Waals surface area (Å²) < 4.78 is 8.49. The molecule has 2 heterocycles. The molecule has 0 bridgehead atoms. The Morgan fingerprint density at radius 2 is 1.69 bits per heavy atom. The molecule has 0 amide bonds. The molecule has 16 heavy (non-hydrogen) atoms. The van der Waals surface area contributed by atoms with Gasteiger partial charge in [0, 0.05) is 0 Å². The third kappa shape index (κ3) is 3.22. The minimum absolute atomic E-state index is 0. The molecule has 0 aromatic carbocycles. The average molecular weight is 222 g/mol. The first-order chi connectivity index (χ1) is 6.78. The van der Waals surface area contributed by atoms with E-state index in [9.17, 15) is 0 Å². The number of hydrogen-bond donors (Lipinski definition) is 0. The highest BCUT2D eigenvalue weighted by Gasteiger charge is 2.05. The number of rotatable bonds is 3. The maximum atomic E-state index is 2.16. The average Bonchev–Trinajstić information content (AvgIpc) is 2.76. The van der Waals surface area contributed by atoms with E-state index >= 15 is 0 Å². The number of nitrogens with zero attached hydrogens (tertiary/aromatic N) is 4. The molecule has 0 aliphatic rings. The first-order valence-electron chi connectivity index (χ1n) is 4.84. The van der Waals surface area contributed by atoms with E-state index < -0.39 is 0 Å². The van der Waals surface area contributed by atoms with E-state index in [0.717, 1.165) is 13.2 Å². The van der Waals surface area contributed by atoms with Crippen molar-refractivity contribution < 1.29 is 9.13 Å². The highest BCUT2D eigenvalue weighted by atomic mass is 15.2. The summed E-state index contributed by atoms with van der Waals surface area (Å²) in [6, 6.07) is 0. The van der Waals surface area contributed by atoms with Crippen molar-refractivity contribution in [3.63, 3.8) is 0 Å². The van der Waals surface area contributed by atoms with E-state index in [1.807, 2.05) is 17.8 Å². The first-order valence-corrected chi connectivity index (χ1v) is 4.84. The Labute approximate surface area is 98.4 Å². The van der Waals surface area contributed by atoms with Crippen LogP contribution in [-0.2, 0) is 20.3 Å². The van der Waals surface area contributed by atoms with E-state index in [0.29, 0.717) is 0 Å². The van der Waals surface area contributed by atoms with Crippen LogP contribution in [0.2, 0.25) is 0 Å². The van der Waals surface area contributed by atoms with Gasteiger partial charge in [-0.25, -0.2) is 9.13 Å². The molecule has 0 radical (unpaired) electrons. The number of hydrogen-bond acceptors (Lipinski definition) is 0.